The van der Waals surface area contributed by atoms with Gasteiger partial charge in [-0.05, 0) is 31.6 Å². The lowest BCUT2D eigenvalue weighted by Crippen LogP contribution is -2.33. The summed E-state index contributed by atoms with van der Waals surface area (Å²) in [7, 11) is 1.84. The van der Waals surface area contributed by atoms with Gasteiger partial charge in [0.2, 0.25) is 0 Å². The smallest absolute Gasteiger partial charge is 0.189 e. The number of hydrogen-bond acceptors (Lipinski definition) is 2. The van der Waals surface area contributed by atoms with Crippen molar-refractivity contribution in [3.05, 3.63) is 35.9 Å². The Kier molecular flexibility index (Phi) is 4.92. The molecule has 1 aromatic rings. The molecule has 1 N–H and O–H groups in total. The molecule has 16 heavy (non-hydrogen) atoms. The van der Waals surface area contributed by atoms with Gasteiger partial charge in [-0.15, -0.1) is 0 Å². The van der Waals surface area contributed by atoms with E-state index in [0.29, 0.717) is 5.11 Å². The Labute approximate surface area is 102 Å². The lowest BCUT2D eigenvalue weighted by molar-refractivity contribution is 0.528. The summed E-state index contributed by atoms with van der Waals surface area (Å²) >= 11 is 5.20. The van der Waals surface area contributed by atoms with E-state index in [4.69, 9.17) is 12.2 Å². The van der Waals surface area contributed by atoms with Crippen LogP contribution in [-0.4, -0.2) is 22.9 Å². The predicted octanol–water partition coefficient (Wildman–Crippen LogP) is 2.39. The van der Waals surface area contributed by atoms with Gasteiger partial charge in [-0.3, -0.25) is 0 Å². The topological polar surface area (TPSA) is 27.6 Å². The maximum absolute atomic E-state index is 5.20. The molecule has 0 bridgehead atoms. The zero-order valence-corrected chi connectivity index (χ0v) is 10.7. The Morgan fingerprint density at radius 2 is 1.94 bits per heavy atom. The maximum atomic E-state index is 5.20. The van der Waals surface area contributed by atoms with Gasteiger partial charge in [0.15, 0.2) is 5.11 Å². The van der Waals surface area contributed by atoms with Crippen LogP contribution >= 0.6 is 12.2 Å². The number of rotatable bonds is 3. The van der Waals surface area contributed by atoms with Crippen LogP contribution in [0.4, 0.5) is 0 Å². The minimum atomic E-state index is 0.630. The van der Waals surface area contributed by atoms with E-state index in [0.717, 1.165) is 12.3 Å². The summed E-state index contributed by atoms with van der Waals surface area (Å²) in [5, 5.41) is 9.69. The molecule has 3 nitrogen and oxygen atoms in total. The van der Waals surface area contributed by atoms with E-state index in [9.17, 15) is 0 Å². The molecule has 0 radical (unpaired) electrons. The van der Waals surface area contributed by atoms with Crippen LogP contribution in [0.3, 0.4) is 0 Å². The normalized spacial score (nSPS) is 9.44. The molecule has 0 aliphatic rings. The monoisotopic (exact) mass is 235 g/mol. The highest BCUT2D eigenvalue weighted by Crippen LogP contribution is 1.98. The van der Waals surface area contributed by atoms with Crippen molar-refractivity contribution < 1.29 is 0 Å². The van der Waals surface area contributed by atoms with Gasteiger partial charge in [-0.1, -0.05) is 30.3 Å². The molecule has 86 valence electrons. The quantitative estimate of drug-likeness (QED) is 0.495. The van der Waals surface area contributed by atoms with E-state index in [1.165, 1.54) is 5.56 Å². The molecular formula is C12H17N3S. The first-order valence-corrected chi connectivity index (χ1v) is 5.57. The lowest BCUT2D eigenvalue weighted by Gasteiger charge is -2.16. The molecule has 0 aromatic heterocycles. The van der Waals surface area contributed by atoms with E-state index in [1.54, 1.807) is 5.01 Å². The summed E-state index contributed by atoms with van der Waals surface area (Å²) < 4.78 is 0. The van der Waals surface area contributed by atoms with Gasteiger partial charge < -0.3 is 5.32 Å². The molecule has 4 heteroatoms. The van der Waals surface area contributed by atoms with E-state index < -0.39 is 0 Å². The van der Waals surface area contributed by atoms with Gasteiger partial charge in [0.25, 0.3) is 0 Å². The summed E-state index contributed by atoms with van der Waals surface area (Å²) in [5.41, 5.74) is 2.18. The molecule has 0 spiro atoms. The molecule has 0 amide bonds. The van der Waals surface area contributed by atoms with Gasteiger partial charge >= 0.3 is 0 Å². The minimum absolute atomic E-state index is 0.630. The van der Waals surface area contributed by atoms with Crippen molar-refractivity contribution in [2.45, 2.75) is 20.4 Å². The van der Waals surface area contributed by atoms with Crippen molar-refractivity contribution in [3.8, 4) is 0 Å². The molecular weight excluding hydrogens is 218 g/mol. The van der Waals surface area contributed by atoms with Crippen molar-refractivity contribution in [2.75, 3.05) is 7.05 Å². The number of hydrazone groups is 1. The first kappa shape index (κ1) is 12.6. The Bertz CT molecular complexity index is 369. The van der Waals surface area contributed by atoms with Crippen molar-refractivity contribution in [3.63, 3.8) is 0 Å². The maximum Gasteiger partial charge on any atom is 0.189 e. The Hall–Kier alpha value is -1.42. The van der Waals surface area contributed by atoms with Crippen LogP contribution in [0, 0.1) is 0 Å². The molecule has 0 heterocycles. The molecule has 1 aromatic carbocycles. The van der Waals surface area contributed by atoms with Crippen LogP contribution in [0.25, 0.3) is 0 Å². The van der Waals surface area contributed by atoms with Crippen molar-refractivity contribution in [1.29, 1.82) is 0 Å². The average molecular weight is 235 g/mol. The number of nitrogens with zero attached hydrogens (tertiary/aromatic N) is 2. The van der Waals surface area contributed by atoms with Gasteiger partial charge in [0.1, 0.15) is 0 Å². The third-order valence-electron chi connectivity index (χ3n) is 1.93. The fraction of sp³-hybridized carbons (Fsp3) is 0.333. The average Bonchev–Trinajstić information content (AvgIpc) is 2.26. The van der Waals surface area contributed by atoms with Gasteiger partial charge in [0.05, 0.1) is 0 Å². The third kappa shape index (κ3) is 4.40. The molecule has 0 fully saturated rings. The zero-order chi connectivity index (χ0) is 12.0. The van der Waals surface area contributed by atoms with Crippen LogP contribution < -0.4 is 5.32 Å². The van der Waals surface area contributed by atoms with E-state index in [2.05, 4.69) is 22.6 Å². The summed E-state index contributed by atoms with van der Waals surface area (Å²) in [4.78, 5) is 0. The van der Waals surface area contributed by atoms with Gasteiger partial charge in [0, 0.05) is 19.3 Å². The molecule has 0 aliphatic heterocycles. The summed E-state index contributed by atoms with van der Waals surface area (Å²) in [6.07, 6.45) is 0. The van der Waals surface area contributed by atoms with E-state index in [1.807, 2.05) is 39.1 Å². The van der Waals surface area contributed by atoms with Gasteiger partial charge in [-0.25, -0.2) is 5.01 Å². The second-order valence-corrected chi connectivity index (χ2v) is 4.10. The van der Waals surface area contributed by atoms with Crippen LogP contribution in [0.15, 0.2) is 35.4 Å². The first-order valence-electron chi connectivity index (χ1n) is 5.17. The summed E-state index contributed by atoms with van der Waals surface area (Å²) in [5.74, 6) is 0. The summed E-state index contributed by atoms with van der Waals surface area (Å²) in [6, 6.07) is 10.1. The molecule has 0 aliphatic carbocycles. The highest BCUT2D eigenvalue weighted by molar-refractivity contribution is 7.80. The van der Waals surface area contributed by atoms with Crippen molar-refractivity contribution >= 4 is 23.0 Å². The Morgan fingerprint density at radius 1 is 1.31 bits per heavy atom. The fourth-order valence-electron chi connectivity index (χ4n) is 1.23. The van der Waals surface area contributed by atoms with Gasteiger partial charge in [-0.2, -0.15) is 5.10 Å². The van der Waals surface area contributed by atoms with Crippen LogP contribution in [0.5, 0.6) is 0 Å². The number of hydrogen-bond donors (Lipinski definition) is 1. The first-order chi connectivity index (χ1) is 7.59. The molecule has 1 rings (SSSR count). The SMILES string of the molecule is CC(C)=NN(C)C(=S)NCc1ccccc1. The standard InChI is InChI=1S/C12H17N3S/c1-10(2)14-15(3)12(16)13-9-11-7-5-4-6-8-11/h4-8H,9H2,1-3H3,(H,13,16). The fourth-order valence-corrected chi connectivity index (χ4v) is 1.35. The number of nitrogens with one attached hydrogen (secondary N) is 1. The molecule has 0 saturated heterocycles. The number of thiocarbonyl (C=S) groups is 1. The van der Waals surface area contributed by atoms with Crippen LogP contribution in [0.2, 0.25) is 0 Å². The van der Waals surface area contributed by atoms with Crippen molar-refractivity contribution in [2.24, 2.45) is 5.10 Å². The van der Waals surface area contributed by atoms with E-state index in [-0.39, 0.29) is 0 Å². The van der Waals surface area contributed by atoms with E-state index >= 15 is 0 Å². The molecule has 0 unspecified atom stereocenters. The van der Waals surface area contributed by atoms with Crippen LogP contribution in [0.1, 0.15) is 19.4 Å². The second-order valence-electron chi connectivity index (χ2n) is 3.72. The highest BCUT2D eigenvalue weighted by atomic mass is 32.1. The predicted molar refractivity (Wildman–Crippen MR) is 72.4 cm³/mol. The molecule has 0 atom stereocenters. The van der Waals surface area contributed by atoms with Crippen LogP contribution in [-0.2, 0) is 6.54 Å². The molecule has 0 saturated carbocycles. The Morgan fingerprint density at radius 3 is 2.50 bits per heavy atom. The lowest BCUT2D eigenvalue weighted by atomic mass is 10.2. The van der Waals surface area contributed by atoms with Crippen molar-refractivity contribution in [1.82, 2.24) is 10.3 Å². The largest absolute Gasteiger partial charge is 0.357 e. The minimum Gasteiger partial charge on any atom is -0.357 e. The third-order valence-corrected chi connectivity index (χ3v) is 2.34. The summed E-state index contributed by atoms with van der Waals surface area (Å²) in [6.45, 7) is 4.61. The number of benzene rings is 1. The second kappa shape index (κ2) is 6.23. The Balaban J connectivity index is 2.44. The zero-order valence-electron chi connectivity index (χ0n) is 9.90. The highest BCUT2D eigenvalue weighted by Gasteiger charge is 2.01.